The standard InChI is InChI=1S/C28H36O14/c1-12-25(35)42-19-9-17(10-37-13(2)29)7-8-18(39-14(3)30)26(6)21(24(28(12,19)36)41-16(5)32)27(11-38-27)23(34)20(22(26)33)40-15(4)31/h7-9,12,18-24,33-34,36H,10-11H2,1-6H3. The van der Waals surface area contributed by atoms with Gasteiger partial charge in [0, 0.05) is 39.0 Å². The quantitative estimate of drug-likeness (QED) is 0.203. The van der Waals surface area contributed by atoms with Gasteiger partial charge in [-0.2, -0.15) is 0 Å². The van der Waals surface area contributed by atoms with E-state index in [9.17, 15) is 39.3 Å². The number of carbonyl (C=O) groups is 5. The van der Waals surface area contributed by atoms with Crippen molar-refractivity contribution in [1.82, 2.24) is 0 Å². The van der Waals surface area contributed by atoms with E-state index in [1.807, 2.05) is 0 Å². The molecular weight excluding hydrogens is 560 g/mol. The monoisotopic (exact) mass is 596 g/mol. The largest absolute Gasteiger partial charge is 0.461 e. The van der Waals surface area contributed by atoms with Crippen molar-refractivity contribution in [3.63, 3.8) is 0 Å². The SMILES string of the molecule is CC(=O)OCC1=CC2OC(=O)C(C)C2(O)C(OC(C)=O)C2C3(CO3)C(O)C(OC(C)=O)C(O)C2(C)C(OC(C)=O)C=C1. The fourth-order valence-corrected chi connectivity index (χ4v) is 6.62. The van der Waals surface area contributed by atoms with Crippen LogP contribution in [0.25, 0.3) is 0 Å². The molecule has 3 fully saturated rings. The molecule has 0 aromatic rings. The van der Waals surface area contributed by atoms with E-state index in [0.717, 1.165) is 20.8 Å². The van der Waals surface area contributed by atoms with Crippen molar-refractivity contribution in [3.8, 4) is 0 Å². The first kappa shape index (κ1) is 31.6. The van der Waals surface area contributed by atoms with Gasteiger partial charge in [-0.3, -0.25) is 24.0 Å². The van der Waals surface area contributed by atoms with Crippen LogP contribution in [0.5, 0.6) is 0 Å². The first-order valence-electron chi connectivity index (χ1n) is 13.5. The zero-order chi connectivity index (χ0) is 31.4. The molecule has 0 bridgehead atoms. The smallest absolute Gasteiger partial charge is 0.312 e. The Morgan fingerprint density at radius 2 is 1.57 bits per heavy atom. The molecule has 14 nitrogen and oxygen atoms in total. The molecule has 11 atom stereocenters. The number of carbonyl (C=O) groups excluding carboxylic acids is 5. The van der Waals surface area contributed by atoms with Crippen LogP contribution < -0.4 is 0 Å². The van der Waals surface area contributed by atoms with Crippen molar-refractivity contribution >= 4 is 29.8 Å². The molecule has 0 radical (unpaired) electrons. The summed E-state index contributed by atoms with van der Waals surface area (Å²) in [5.74, 6) is -6.69. The van der Waals surface area contributed by atoms with Gasteiger partial charge in [0.15, 0.2) is 17.8 Å². The number of hydrogen-bond acceptors (Lipinski definition) is 14. The van der Waals surface area contributed by atoms with E-state index >= 15 is 0 Å². The third-order valence-electron chi connectivity index (χ3n) is 8.73. The molecule has 0 aromatic carbocycles. The number of aliphatic hydroxyl groups excluding tert-OH is 2. The van der Waals surface area contributed by atoms with Gasteiger partial charge in [0.2, 0.25) is 0 Å². The third-order valence-corrected chi connectivity index (χ3v) is 8.73. The van der Waals surface area contributed by atoms with E-state index in [0.29, 0.717) is 0 Å². The van der Waals surface area contributed by atoms with Crippen molar-refractivity contribution in [2.45, 2.75) is 89.4 Å². The molecule has 2 saturated heterocycles. The Labute approximate surface area is 241 Å². The third kappa shape index (κ3) is 5.10. The second-order valence-electron chi connectivity index (χ2n) is 11.5. The van der Waals surface area contributed by atoms with Gasteiger partial charge in [0.25, 0.3) is 0 Å². The maximum absolute atomic E-state index is 13.0. The molecule has 2 aliphatic heterocycles. The van der Waals surface area contributed by atoms with Crippen molar-refractivity contribution in [3.05, 3.63) is 23.8 Å². The van der Waals surface area contributed by atoms with E-state index in [2.05, 4.69) is 0 Å². The second kappa shape index (κ2) is 11.1. The molecular formula is C28H36O14. The van der Waals surface area contributed by atoms with E-state index in [4.69, 9.17) is 28.4 Å². The summed E-state index contributed by atoms with van der Waals surface area (Å²) in [5, 5.41) is 35.8. The predicted molar refractivity (Wildman–Crippen MR) is 137 cm³/mol. The molecule has 1 spiro atoms. The molecule has 4 aliphatic rings. The Balaban J connectivity index is 2.05. The van der Waals surface area contributed by atoms with Crippen molar-refractivity contribution in [1.29, 1.82) is 0 Å². The second-order valence-corrected chi connectivity index (χ2v) is 11.5. The minimum absolute atomic E-state index is 0.190. The van der Waals surface area contributed by atoms with Crippen LogP contribution in [0.2, 0.25) is 0 Å². The van der Waals surface area contributed by atoms with Crippen molar-refractivity contribution < 1.29 is 67.7 Å². The zero-order valence-electron chi connectivity index (χ0n) is 24.1. The van der Waals surface area contributed by atoms with Crippen molar-refractivity contribution in [2.75, 3.05) is 13.2 Å². The molecule has 0 amide bonds. The van der Waals surface area contributed by atoms with Crippen LogP contribution in [-0.2, 0) is 52.4 Å². The minimum atomic E-state index is -2.34. The van der Waals surface area contributed by atoms with Crippen LogP contribution in [-0.4, -0.2) is 106 Å². The average Bonchev–Trinajstić information content (AvgIpc) is 3.65. The lowest BCUT2D eigenvalue weighted by Crippen LogP contribution is -2.75. The van der Waals surface area contributed by atoms with Gasteiger partial charge in [0.1, 0.15) is 36.6 Å². The fraction of sp³-hybridized carbons (Fsp3) is 0.679. The van der Waals surface area contributed by atoms with Gasteiger partial charge in [0.05, 0.1) is 12.5 Å². The highest BCUT2D eigenvalue weighted by molar-refractivity contribution is 5.78. The minimum Gasteiger partial charge on any atom is -0.461 e. The maximum atomic E-state index is 13.0. The highest BCUT2D eigenvalue weighted by Gasteiger charge is 2.79. The molecule has 232 valence electrons. The molecule has 3 N–H and O–H groups in total. The lowest BCUT2D eigenvalue weighted by Gasteiger charge is -2.58. The number of esters is 5. The average molecular weight is 597 g/mol. The Morgan fingerprint density at radius 3 is 2.10 bits per heavy atom. The Morgan fingerprint density at radius 1 is 0.976 bits per heavy atom. The van der Waals surface area contributed by atoms with Gasteiger partial charge in [-0.1, -0.05) is 13.0 Å². The number of ether oxygens (including phenoxy) is 6. The van der Waals surface area contributed by atoms with E-state index in [1.165, 1.54) is 39.0 Å². The summed E-state index contributed by atoms with van der Waals surface area (Å²) in [6.07, 6.45) is -5.59. The van der Waals surface area contributed by atoms with Crippen LogP contribution in [0.4, 0.5) is 0 Å². The number of epoxide rings is 1. The van der Waals surface area contributed by atoms with Crippen LogP contribution in [0.15, 0.2) is 23.8 Å². The summed E-state index contributed by atoms with van der Waals surface area (Å²) in [4.78, 5) is 61.6. The van der Waals surface area contributed by atoms with E-state index in [-0.39, 0.29) is 18.8 Å². The molecule has 2 heterocycles. The first-order chi connectivity index (χ1) is 19.5. The van der Waals surface area contributed by atoms with Crippen molar-refractivity contribution in [2.24, 2.45) is 17.3 Å². The molecule has 4 rings (SSSR count). The topological polar surface area (TPSA) is 205 Å². The molecule has 14 heteroatoms. The predicted octanol–water partition coefficient (Wildman–Crippen LogP) is -0.740. The van der Waals surface area contributed by atoms with Gasteiger partial charge >= 0.3 is 29.8 Å². The highest BCUT2D eigenvalue weighted by Crippen LogP contribution is 2.61. The van der Waals surface area contributed by atoms with Crippen LogP contribution >= 0.6 is 0 Å². The normalized spacial score (nSPS) is 42.3. The fourth-order valence-electron chi connectivity index (χ4n) is 6.62. The molecule has 11 unspecified atom stereocenters. The Kier molecular flexibility index (Phi) is 8.32. The summed E-state index contributed by atoms with van der Waals surface area (Å²) in [6.45, 7) is 6.71. The van der Waals surface area contributed by atoms with Crippen LogP contribution in [0.1, 0.15) is 41.5 Å². The summed E-state index contributed by atoms with van der Waals surface area (Å²) < 4.78 is 33.2. The van der Waals surface area contributed by atoms with Crippen LogP contribution in [0, 0.1) is 17.3 Å². The van der Waals surface area contributed by atoms with Gasteiger partial charge in [-0.25, -0.2) is 0 Å². The van der Waals surface area contributed by atoms with Gasteiger partial charge in [-0.05, 0) is 24.6 Å². The number of rotatable bonds is 5. The molecule has 42 heavy (non-hydrogen) atoms. The Bertz CT molecular complexity index is 1220. The van der Waals surface area contributed by atoms with E-state index in [1.54, 1.807) is 0 Å². The van der Waals surface area contributed by atoms with Gasteiger partial charge < -0.3 is 43.7 Å². The number of hydrogen-bond donors (Lipinski definition) is 3. The molecule has 0 aromatic heterocycles. The summed E-state index contributed by atoms with van der Waals surface area (Å²) in [6, 6.07) is 0. The number of aliphatic hydroxyl groups is 3. The van der Waals surface area contributed by atoms with Crippen LogP contribution in [0.3, 0.4) is 0 Å². The molecule has 2 aliphatic carbocycles. The maximum Gasteiger partial charge on any atom is 0.312 e. The lowest BCUT2D eigenvalue weighted by atomic mass is 9.51. The summed E-state index contributed by atoms with van der Waals surface area (Å²) in [7, 11) is 0. The highest BCUT2D eigenvalue weighted by atomic mass is 16.6. The Hall–Kier alpha value is -3.33. The molecule has 1 saturated carbocycles. The summed E-state index contributed by atoms with van der Waals surface area (Å²) in [5.41, 5.74) is -5.66. The lowest BCUT2D eigenvalue weighted by molar-refractivity contribution is -0.273. The van der Waals surface area contributed by atoms with E-state index < -0.39 is 94.9 Å². The number of fused-ring (bicyclic) bond motifs is 3. The van der Waals surface area contributed by atoms with Gasteiger partial charge in [-0.15, -0.1) is 0 Å². The first-order valence-corrected chi connectivity index (χ1v) is 13.5. The zero-order valence-corrected chi connectivity index (χ0v) is 24.1. The summed E-state index contributed by atoms with van der Waals surface area (Å²) >= 11 is 0.